The first-order chi connectivity index (χ1) is 6.42. The predicted octanol–water partition coefficient (Wildman–Crippen LogP) is 1.17. The molecule has 3 nitrogen and oxygen atoms in total. The Hall–Kier alpha value is -1.09. The van der Waals surface area contributed by atoms with Crippen molar-refractivity contribution < 1.29 is 4.74 Å². The van der Waals surface area contributed by atoms with Crippen LogP contribution in [0, 0.1) is 0 Å². The van der Waals surface area contributed by atoms with Crippen LogP contribution in [-0.4, -0.2) is 25.2 Å². The van der Waals surface area contributed by atoms with Gasteiger partial charge in [-0.15, -0.1) is 0 Å². The Morgan fingerprint density at radius 2 is 2.54 bits per heavy atom. The number of methoxy groups -OCH3 is 1. The summed E-state index contributed by atoms with van der Waals surface area (Å²) >= 11 is 0. The van der Waals surface area contributed by atoms with Crippen LogP contribution in [0.4, 0.5) is 0 Å². The quantitative estimate of drug-likeness (QED) is 0.738. The van der Waals surface area contributed by atoms with E-state index in [0.29, 0.717) is 5.92 Å². The van der Waals surface area contributed by atoms with Gasteiger partial charge in [0.15, 0.2) is 0 Å². The molecule has 3 heteroatoms. The Morgan fingerprint density at radius 1 is 1.62 bits per heavy atom. The Balaban J connectivity index is 2.26. The zero-order valence-corrected chi connectivity index (χ0v) is 7.79. The van der Waals surface area contributed by atoms with E-state index in [9.17, 15) is 0 Å². The van der Waals surface area contributed by atoms with Gasteiger partial charge in [-0.05, 0) is 19.0 Å². The van der Waals surface area contributed by atoms with E-state index in [0.717, 1.165) is 18.8 Å². The second-order valence-electron chi connectivity index (χ2n) is 3.31. The van der Waals surface area contributed by atoms with Gasteiger partial charge >= 0.3 is 0 Å². The molecule has 0 aliphatic carbocycles. The SMILES string of the molecule is COc1ccncc1C1CCNC1. The van der Waals surface area contributed by atoms with E-state index < -0.39 is 0 Å². The summed E-state index contributed by atoms with van der Waals surface area (Å²) in [5, 5.41) is 3.34. The standard InChI is InChI=1S/C10H14N2O/c1-13-10-3-5-12-7-9(10)8-2-4-11-6-8/h3,5,7-8,11H,2,4,6H2,1H3. The molecule has 1 saturated heterocycles. The summed E-state index contributed by atoms with van der Waals surface area (Å²) in [4.78, 5) is 4.13. The summed E-state index contributed by atoms with van der Waals surface area (Å²) in [6.45, 7) is 2.14. The molecule has 1 N–H and O–H groups in total. The van der Waals surface area contributed by atoms with E-state index in [1.807, 2.05) is 12.3 Å². The first kappa shape index (κ1) is 8.51. The van der Waals surface area contributed by atoms with Crippen LogP contribution in [0.5, 0.6) is 5.75 Å². The molecule has 0 spiro atoms. The maximum atomic E-state index is 5.29. The Morgan fingerprint density at radius 3 is 3.23 bits per heavy atom. The molecule has 2 rings (SSSR count). The average Bonchev–Trinajstić information content (AvgIpc) is 2.70. The third kappa shape index (κ3) is 1.65. The van der Waals surface area contributed by atoms with Crippen molar-refractivity contribution in [2.75, 3.05) is 20.2 Å². The van der Waals surface area contributed by atoms with Crippen molar-refractivity contribution in [1.82, 2.24) is 10.3 Å². The summed E-state index contributed by atoms with van der Waals surface area (Å²) < 4.78 is 5.29. The van der Waals surface area contributed by atoms with Crippen molar-refractivity contribution in [1.29, 1.82) is 0 Å². The molecule has 70 valence electrons. The monoisotopic (exact) mass is 178 g/mol. The summed E-state index contributed by atoms with van der Waals surface area (Å²) in [5.41, 5.74) is 1.23. The number of rotatable bonds is 2. The van der Waals surface area contributed by atoms with Crippen LogP contribution in [0.25, 0.3) is 0 Å². The molecule has 1 aromatic heterocycles. The first-order valence-electron chi connectivity index (χ1n) is 4.60. The lowest BCUT2D eigenvalue weighted by atomic mass is 9.99. The number of pyridine rings is 1. The van der Waals surface area contributed by atoms with Crippen LogP contribution in [0.2, 0.25) is 0 Å². The lowest BCUT2D eigenvalue weighted by Gasteiger charge is -2.12. The molecule has 2 heterocycles. The van der Waals surface area contributed by atoms with Crippen LogP contribution >= 0.6 is 0 Å². The zero-order chi connectivity index (χ0) is 9.10. The molecular weight excluding hydrogens is 164 g/mol. The van der Waals surface area contributed by atoms with Crippen molar-refractivity contribution in [3.05, 3.63) is 24.0 Å². The zero-order valence-electron chi connectivity index (χ0n) is 7.79. The molecule has 0 radical (unpaired) electrons. The summed E-state index contributed by atoms with van der Waals surface area (Å²) in [6, 6.07) is 1.92. The summed E-state index contributed by atoms with van der Waals surface area (Å²) in [5.74, 6) is 1.53. The fourth-order valence-corrected chi connectivity index (χ4v) is 1.81. The van der Waals surface area contributed by atoms with Gasteiger partial charge in [0.2, 0.25) is 0 Å². The van der Waals surface area contributed by atoms with Crippen LogP contribution < -0.4 is 10.1 Å². The molecule has 0 saturated carbocycles. The summed E-state index contributed by atoms with van der Waals surface area (Å²) in [7, 11) is 1.71. The van der Waals surface area contributed by atoms with Crippen molar-refractivity contribution in [3.8, 4) is 5.75 Å². The van der Waals surface area contributed by atoms with Gasteiger partial charge in [0.25, 0.3) is 0 Å². The first-order valence-corrected chi connectivity index (χ1v) is 4.60. The van der Waals surface area contributed by atoms with Gasteiger partial charge in [-0.25, -0.2) is 0 Å². The fourth-order valence-electron chi connectivity index (χ4n) is 1.81. The maximum absolute atomic E-state index is 5.29. The van der Waals surface area contributed by atoms with Crippen LogP contribution in [0.15, 0.2) is 18.5 Å². The molecule has 1 fully saturated rings. The van der Waals surface area contributed by atoms with Crippen molar-refractivity contribution in [2.45, 2.75) is 12.3 Å². The smallest absolute Gasteiger partial charge is 0.125 e. The number of ether oxygens (including phenoxy) is 1. The molecule has 0 amide bonds. The van der Waals surface area contributed by atoms with Gasteiger partial charge in [-0.2, -0.15) is 0 Å². The number of hydrogen-bond donors (Lipinski definition) is 1. The van der Waals surface area contributed by atoms with Crippen LogP contribution in [0.1, 0.15) is 17.9 Å². The van der Waals surface area contributed by atoms with Crippen molar-refractivity contribution >= 4 is 0 Å². The highest BCUT2D eigenvalue weighted by Gasteiger charge is 2.19. The highest BCUT2D eigenvalue weighted by Crippen LogP contribution is 2.29. The third-order valence-corrected chi connectivity index (χ3v) is 2.53. The molecule has 1 unspecified atom stereocenters. The van der Waals surface area contributed by atoms with Crippen LogP contribution in [-0.2, 0) is 0 Å². The molecule has 0 aromatic carbocycles. The number of aromatic nitrogens is 1. The van der Waals surface area contributed by atoms with Crippen molar-refractivity contribution in [3.63, 3.8) is 0 Å². The minimum Gasteiger partial charge on any atom is -0.496 e. The lowest BCUT2D eigenvalue weighted by Crippen LogP contribution is -2.08. The van der Waals surface area contributed by atoms with E-state index in [-0.39, 0.29) is 0 Å². The van der Waals surface area contributed by atoms with Crippen molar-refractivity contribution in [2.24, 2.45) is 0 Å². The van der Waals surface area contributed by atoms with Gasteiger partial charge in [-0.1, -0.05) is 0 Å². The second-order valence-corrected chi connectivity index (χ2v) is 3.31. The third-order valence-electron chi connectivity index (χ3n) is 2.53. The Bertz CT molecular complexity index is 282. The van der Waals surface area contributed by atoms with E-state index in [4.69, 9.17) is 4.74 Å². The molecule has 0 bridgehead atoms. The van der Waals surface area contributed by atoms with Crippen LogP contribution in [0.3, 0.4) is 0 Å². The molecule has 1 aliphatic rings. The average molecular weight is 178 g/mol. The summed E-state index contributed by atoms with van der Waals surface area (Å²) in [6.07, 6.45) is 4.86. The highest BCUT2D eigenvalue weighted by molar-refractivity contribution is 5.34. The Labute approximate surface area is 78.1 Å². The highest BCUT2D eigenvalue weighted by atomic mass is 16.5. The second kappa shape index (κ2) is 3.75. The van der Waals surface area contributed by atoms with E-state index >= 15 is 0 Å². The maximum Gasteiger partial charge on any atom is 0.125 e. The molecular formula is C10H14N2O. The minimum atomic E-state index is 0.573. The van der Waals surface area contributed by atoms with Gasteiger partial charge in [0.05, 0.1) is 7.11 Å². The Kier molecular flexibility index (Phi) is 2.45. The lowest BCUT2D eigenvalue weighted by molar-refractivity contribution is 0.405. The van der Waals surface area contributed by atoms with Gasteiger partial charge in [-0.3, -0.25) is 4.98 Å². The minimum absolute atomic E-state index is 0.573. The van der Waals surface area contributed by atoms with E-state index in [1.165, 1.54) is 12.0 Å². The fraction of sp³-hybridized carbons (Fsp3) is 0.500. The van der Waals surface area contributed by atoms with E-state index in [1.54, 1.807) is 13.3 Å². The molecule has 1 aliphatic heterocycles. The van der Waals surface area contributed by atoms with Gasteiger partial charge in [0, 0.05) is 30.4 Å². The number of nitrogens with one attached hydrogen (secondary N) is 1. The molecule has 13 heavy (non-hydrogen) atoms. The molecule has 1 aromatic rings. The van der Waals surface area contributed by atoms with E-state index in [2.05, 4.69) is 10.3 Å². The van der Waals surface area contributed by atoms with Gasteiger partial charge < -0.3 is 10.1 Å². The van der Waals surface area contributed by atoms with Gasteiger partial charge in [0.1, 0.15) is 5.75 Å². The topological polar surface area (TPSA) is 34.1 Å². The number of hydrogen-bond acceptors (Lipinski definition) is 3. The largest absolute Gasteiger partial charge is 0.496 e. The molecule has 1 atom stereocenters. The number of nitrogens with zero attached hydrogens (tertiary/aromatic N) is 1. The normalized spacial score (nSPS) is 21.8. The predicted molar refractivity (Wildman–Crippen MR) is 51.0 cm³/mol.